The number of halogens is 1. The summed E-state index contributed by atoms with van der Waals surface area (Å²) in [6.45, 7) is 1.25. The molecular weight excluding hydrogens is 288 g/mol. The molecule has 92 valence electrons. The zero-order valence-electron chi connectivity index (χ0n) is 9.30. The summed E-state index contributed by atoms with van der Waals surface area (Å²) < 4.78 is 0.832. The van der Waals surface area contributed by atoms with Crippen LogP contribution in [0.1, 0.15) is 0 Å². The van der Waals surface area contributed by atoms with Crippen LogP contribution in [0.5, 0.6) is 0 Å². The Bertz CT molecular complexity index is 448. The minimum atomic E-state index is -0.911. The molecule has 0 spiro atoms. The maximum absolute atomic E-state index is 10.7. The summed E-state index contributed by atoms with van der Waals surface area (Å²) in [7, 11) is 1.57. The van der Waals surface area contributed by atoms with Gasteiger partial charge in [0.15, 0.2) is 5.82 Å². The first kappa shape index (κ1) is 12.0. The molecule has 2 rings (SSSR count). The van der Waals surface area contributed by atoms with Crippen LogP contribution in [-0.4, -0.2) is 47.3 Å². The van der Waals surface area contributed by atoms with Gasteiger partial charge in [0.1, 0.15) is 0 Å². The third-order valence-electron chi connectivity index (χ3n) is 2.87. The Kier molecular flexibility index (Phi) is 3.10. The second-order valence-corrected chi connectivity index (χ2v) is 4.93. The number of carbonyl (C=O) groups is 1. The van der Waals surface area contributed by atoms with Gasteiger partial charge in [-0.25, -0.2) is 9.78 Å². The Morgan fingerprint density at radius 2 is 2.35 bits per heavy atom. The van der Waals surface area contributed by atoms with E-state index in [1.807, 2.05) is 4.90 Å². The summed E-state index contributed by atoms with van der Waals surface area (Å²) in [5, 5.41) is 8.83. The highest BCUT2D eigenvalue weighted by molar-refractivity contribution is 9.10. The fraction of sp³-hybridized carbons (Fsp3) is 0.400. The lowest BCUT2D eigenvalue weighted by molar-refractivity contribution is 0.130. The molecule has 0 saturated carbocycles. The van der Waals surface area contributed by atoms with Crippen LogP contribution in [0.4, 0.5) is 16.3 Å². The lowest BCUT2D eigenvalue weighted by Crippen LogP contribution is -2.60. The number of nitrogen functional groups attached to an aromatic ring is 1. The van der Waals surface area contributed by atoms with Crippen LogP contribution < -0.4 is 10.6 Å². The van der Waals surface area contributed by atoms with E-state index in [1.54, 1.807) is 19.3 Å². The Morgan fingerprint density at radius 1 is 1.71 bits per heavy atom. The molecule has 6 nitrogen and oxygen atoms in total. The van der Waals surface area contributed by atoms with E-state index in [9.17, 15) is 4.79 Å². The standard InChI is InChI=1S/C10H13BrN4O2/c1-14(10(16)17)7-4-15(5-7)9-8(12)2-6(11)3-13-9/h2-3,7H,4-5,12H2,1H3,(H,16,17). The summed E-state index contributed by atoms with van der Waals surface area (Å²) >= 11 is 3.29. The molecule has 0 aromatic carbocycles. The van der Waals surface area contributed by atoms with E-state index in [4.69, 9.17) is 10.8 Å². The predicted octanol–water partition coefficient (Wildman–Crippen LogP) is 1.22. The second-order valence-electron chi connectivity index (χ2n) is 4.02. The molecule has 0 bridgehead atoms. The van der Waals surface area contributed by atoms with Crippen LogP contribution in [0.3, 0.4) is 0 Å². The highest BCUT2D eigenvalue weighted by atomic mass is 79.9. The van der Waals surface area contributed by atoms with Crippen molar-refractivity contribution < 1.29 is 9.90 Å². The van der Waals surface area contributed by atoms with Gasteiger partial charge < -0.3 is 20.6 Å². The smallest absolute Gasteiger partial charge is 0.407 e. The number of nitrogens with zero attached hydrogens (tertiary/aromatic N) is 3. The van der Waals surface area contributed by atoms with Crippen LogP contribution >= 0.6 is 15.9 Å². The van der Waals surface area contributed by atoms with Gasteiger partial charge in [-0.3, -0.25) is 0 Å². The summed E-state index contributed by atoms with van der Waals surface area (Å²) in [5.41, 5.74) is 6.44. The first-order chi connectivity index (χ1) is 7.99. The van der Waals surface area contributed by atoms with E-state index in [1.165, 1.54) is 4.90 Å². The van der Waals surface area contributed by atoms with Crippen molar-refractivity contribution in [2.75, 3.05) is 30.8 Å². The summed E-state index contributed by atoms with van der Waals surface area (Å²) in [4.78, 5) is 18.3. The minimum Gasteiger partial charge on any atom is -0.465 e. The van der Waals surface area contributed by atoms with E-state index < -0.39 is 6.09 Å². The average molecular weight is 301 g/mol. The number of amides is 1. The van der Waals surface area contributed by atoms with Crippen LogP contribution in [0.25, 0.3) is 0 Å². The van der Waals surface area contributed by atoms with Gasteiger partial charge in [0.2, 0.25) is 0 Å². The normalized spacial score (nSPS) is 15.5. The minimum absolute atomic E-state index is 0.0114. The Labute approximate surface area is 107 Å². The van der Waals surface area contributed by atoms with Crippen molar-refractivity contribution >= 4 is 33.5 Å². The number of hydrogen-bond donors (Lipinski definition) is 2. The summed E-state index contributed by atoms with van der Waals surface area (Å²) in [5.74, 6) is 0.711. The van der Waals surface area contributed by atoms with E-state index in [2.05, 4.69) is 20.9 Å². The first-order valence-electron chi connectivity index (χ1n) is 5.10. The first-order valence-corrected chi connectivity index (χ1v) is 5.90. The van der Waals surface area contributed by atoms with Crippen molar-refractivity contribution in [3.63, 3.8) is 0 Å². The summed E-state index contributed by atoms with van der Waals surface area (Å²) in [6.07, 6.45) is 0.770. The van der Waals surface area contributed by atoms with E-state index in [0.717, 1.165) is 4.47 Å². The molecule has 0 radical (unpaired) electrons. The predicted molar refractivity (Wildman–Crippen MR) is 68.1 cm³/mol. The van der Waals surface area contributed by atoms with Gasteiger partial charge in [0, 0.05) is 30.8 Å². The van der Waals surface area contributed by atoms with E-state index in [-0.39, 0.29) is 6.04 Å². The highest BCUT2D eigenvalue weighted by Crippen LogP contribution is 2.28. The monoisotopic (exact) mass is 300 g/mol. The number of nitrogens with two attached hydrogens (primary N) is 1. The molecule has 2 heterocycles. The third kappa shape index (κ3) is 2.28. The fourth-order valence-electron chi connectivity index (χ4n) is 1.74. The van der Waals surface area contributed by atoms with Crippen LogP contribution in [0, 0.1) is 0 Å². The molecule has 1 saturated heterocycles. The fourth-order valence-corrected chi connectivity index (χ4v) is 2.09. The van der Waals surface area contributed by atoms with Crippen LogP contribution in [-0.2, 0) is 0 Å². The molecule has 1 fully saturated rings. The summed E-state index contributed by atoms with van der Waals surface area (Å²) in [6, 6.07) is 1.80. The lowest BCUT2D eigenvalue weighted by Gasteiger charge is -2.43. The largest absolute Gasteiger partial charge is 0.465 e. The van der Waals surface area contributed by atoms with Crippen LogP contribution in [0.2, 0.25) is 0 Å². The number of aromatic nitrogens is 1. The number of anilines is 2. The molecule has 3 N–H and O–H groups in total. The third-order valence-corrected chi connectivity index (χ3v) is 3.31. The molecule has 17 heavy (non-hydrogen) atoms. The average Bonchev–Trinajstić information content (AvgIpc) is 2.18. The topological polar surface area (TPSA) is 82.7 Å². The SMILES string of the molecule is CN(C(=O)O)C1CN(c2ncc(Br)cc2N)C1. The number of likely N-dealkylation sites (N-methyl/N-ethyl adjacent to an activating group) is 1. The highest BCUT2D eigenvalue weighted by Gasteiger charge is 2.33. The Morgan fingerprint density at radius 3 is 2.88 bits per heavy atom. The van der Waals surface area contributed by atoms with Gasteiger partial charge in [-0.1, -0.05) is 0 Å². The van der Waals surface area contributed by atoms with Crippen molar-refractivity contribution in [1.29, 1.82) is 0 Å². The Hall–Kier alpha value is -1.50. The van der Waals surface area contributed by atoms with Crippen molar-refractivity contribution in [2.45, 2.75) is 6.04 Å². The molecule has 1 aromatic rings. The molecule has 1 aliphatic rings. The van der Waals surface area contributed by atoms with Crippen molar-refractivity contribution in [2.24, 2.45) is 0 Å². The van der Waals surface area contributed by atoms with E-state index in [0.29, 0.717) is 24.6 Å². The van der Waals surface area contributed by atoms with Gasteiger partial charge in [0.25, 0.3) is 0 Å². The van der Waals surface area contributed by atoms with Crippen molar-refractivity contribution in [3.05, 3.63) is 16.7 Å². The molecule has 0 atom stereocenters. The van der Waals surface area contributed by atoms with Gasteiger partial charge in [0.05, 0.1) is 11.7 Å². The molecule has 0 aliphatic carbocycles. The molecule has 7 heteroatoms. The molecular formula is C10H13BrN4O2. The number of rotatable bonds is 2. The Balaban J connectivity index is 2.02. The molecule has 1 amide bonds. The zero-order valence-corrected chi connectivity index (χ0v) is 10.9. The zero-order chi connectivity index (χ0) is 12.6. The van der Waals surface area contributed by atoms with Gasteiger partial charge >= 0.3 is 6.09 Å². The molecule has 1 aliphatic heterocycles. The van der Waals surface area contributed by atoms with Crippen LogP contribution in [0.15, 0.2) is 16.7 Å². The van der Waals surface area contributed by atoms with E-state index >= 15 is 0 Å². The second kappa shape index (κ2) is 4.40. The number of carboxylic acid groups (broad SMARTS) is 1. The molecule has 0 unspecified atom stereocenters. The molecule has 1 aromatic heterocycles. The van der Waals surface area contributed by atoms with Crippen molar-refractivity contribution in [1.82, 2.24) is 9.88 Å². The number of hydrogen-bond acceptors (Lipinski definition) is 4. The lowest BCUT2D eigenvalue weighted by atomic mass is 10.1. The number of pyridine rings is 1. The maximum Gasteiger partial charge on any atom is 0.407 e. The quantitative estimate of drug-likeness (QED) is 0.858. The maximum atomic E-state index is 10.7. The van der Waals surface area contributed by atoms with Gasteiger partial charge in [-0.2, -0.15) is 0 Å². The van der Waals surface area contributed by atoms with Gasteiger partial charge in [-0.15, -0.1) is 0 Å². The van der Waals surface area contributed by atoms with Crippen molar-refractivity contribution in [3.8, 4) is 0 Å². The van der Waals surface area contributed by atoms with Gasteiger partial charge in [-0.05, 0) is 22.0 Å².